The van der Waals surface area contributed by atoms with Crippen LogP contribution in [0.1, 0.15) is 6.92 Å². The van der Waals surface area contributed by atoms with Crippen LogP contribution in [0, 0.1) is 16.0 Å². The van der Waals surface area contributed by atoms with Crippen LogP contribution in [-0.2, 0) is 4.79 Å². The van der Waals surface area contributed by atoms with Crippen molar-refractivity contribution >= 4 is 34.9 Å². The van der Waals surface area contributed by atoms with Crippen LogP contribution in [0.5, 0.6) is 0 Å². The lowest BCUT2D eigenvalue weighted by molar-refractivity contribution is -0.384. The Bertz CT molecular complexity index is 829. The molecule has 0 unspecified atom stereocenters. The Morgan fingerprint density at radius 3 is 2.46 bits per heavy atom. The fourth-order valence-corrected chi connectivity index (χ4v) is 2.33. The van der Waals surface area contributed by atoms with Gasteiger partial charge in [0.1, 0.15) is 5.92 Å². The quantitative estimate of drug-likeness (QED) is 0.491. The van der Waals surface area contributed by atoms with Gasteiger partial charge in [-0.15, -0.1) is 0 Å². The molecule has 1 aliphatic rings. The van der Waals surface area contributed by atoms with Crippen LogP contribution in [0.15, 0.2) is 64.7 Å². The molecule has 7 heteroatoms. The first-order chi connectivity index (χ1) is 11.6. The monoisotopic (exact) mass is 322 g/mol. The fourth-order valence-electron chi connectivity index (χ4n) is 2.33. The number of carbonyl (C=O) groups excluding carboxylic acids is 1. The van der Waals surface area contributed by atoms with Crippen LogP contribution in [0.25, 0.3) is 0 Å². The zero-order valence-corrected chi connectivity index (χ0v) is 12.9. The van der Waals surface area contributed by atoms with Gasteiger partial charge in [0.05, 0.1) is 22.0 Å². The number of nitrogens with zero attached hydrogens (tertiary/aromatic N) is 4. The summed E-state index contributed by atoms with van der Waals surface area (Å²) in [6, 6.07) is 15.0. The maximum absolute atomic E-state index is 12.5. The lowest BCUT2D eigenvalue weighted by atomic mass is 10.1. The van der Waals surface area contributed by atoms with Gasteiger partial charge in [-0.1, -0.05) is 18.2 Å². The molecule has 0 fully saturated rings. The minimum absolute atomic E-state index is 0.00103. The average Bonchev–Trinajstić information content (AvgIpc) is 2.88. The van der Waals surface area contributed by atoms with E-state index in [1.54, 1.807) is 6.92 Å². The zero-order valence-electron chi connectivity index (χ0n) is 12.9. The van der Waals surface area contributed by atoms with E-state index in [1.165, 1.54) is 35.5 Å². The van der Waals surface area contributed by atoms with Crippen LogP contribution in [0.2, 0.25) is 0 Å². The van der Waals surface area contributed by atoms with Gasteiger partial charge < -0.3 is 0 Å². The van der Waals surface area contributed by atoms with E-state index in [1.807, 2.05) is 30.3 Å². The molecule has 0 spiro atoms. The van der Waals surface area contributed by atoms with E-state index in [-0.39, 0.29) is 11.6 Å². The molecule has 1 heterocycles. The maximum Gasteiger partial charge on any atom is 0.269 e. The molecule has 2 aromatic rings. The predicted molar refractivity (Wildman–Crippen MR) is 91.8 cm³/mol. The molecule has 0 aromatic heterocycles. The molecule has 0 saturated heterocycles. The zero-order chi connectivity index (χ0) is 17.1. The van der Waals surface area contributed by atoms with Crippen molar-refractivity contribution in [1.82, 2.24) is 0 Å². The molecular weight excluding hydrogens is 308 g/mol. The van der Waals surface area contributed by atoms with E-state index >= 15 is 0 Å². The SMILES string of the molecule is CC1=NN(c2ccccc2)C(=O)[C@H]1C=Nc1ccc([N+](=O)[O-])cc1. The molecule has 120 valence electrons. The number of hydrogen-bond donors (Lipinski definition) is 0. The van der Waals surface area contributed by atoms with Gasteiger partial charge in [-0.25, -0.2) is 0 Å². The number of anilines is 1. The van der Waals surface area contributed by atoms with Gasteiger partial charge in [0.15, 0.2) is 0 Å². The second-order valence-electron chi connectivity index (χ2n) is 5.26. The van der Waals surface area contributed by atoms with Gasteiger partial charge in [-0.05, 0) is 31.2 Å². The first-order valence-electron chi connectivity index (χ1n) is 7.29. The van der Waals surface area contributed by atoms with Gasteiger partial charge >= 0.3 is 0 Å². The molecule has 7 nitrogen and oxygen atoms in total. The van der Waals surface area contributed by atoms with Crippen molar-refractivity contribution in [3.63, 3.8) is 0 Å². The minimum Gasteiger partial charge on any atom is -0.271 e. The summed E-state index contributed by atoms with van der Waals surface area (Å²) in [5.74, 6) is -0.718. The molecule has 0 bridgehead atoms. The highest BCUT2D eigenvalue weighted by Gasteiger charge is 2.33. The average molecular weight is 322 g/mol. The largest absolute Gasteiger partial charge is 0.271 e. The van der Waals surface area contributed by atoms with E-state index in [2.05, 4.69) is 10.1 Å². The Balaban J connectivity index is 1.77. The number of para-hydroxylation sites is 1. The van der Waals surface area contributed by atoms with Crippen molar-refractivity contribution in [3.05, 3.63) is 64.7 Å². The minimum atomic E-state index is -0.541. The van der Waals surface area contributed by atoms with Crippen molar-refractivity contribution in [3.8, 4) is 0 Å². The number of hydrazone groups is 1. The number of rotatable bonds is 4. The van der Waals surface area contributed by atoms with E-state index in [0.29, 0.717) is 17.1 Å². The third kappa shape index (κ3) is 3.05. The van der Waals surface area contributed by atoms with Crippen molar-refractivity contribution < 1.29 is 9.72 Å². The summed E-state index contributed by atoms with van der Waals surface area (Å²) in [6.07, 6.45) is 1.52. The summed E-state index contributed by atoms with van der Waals surface area (Å²) < 4.78 is 0. The third-order valence-corrected chi connectivity index (χ3v) is 3.62. The number of amides is 1. The fraction of sp³-hybridized carbons (Fsp3) is 0.118. The summed E-state index contributed by atoms with van der Waals surface area (Å²) in [5.41, 5.74) is 1.89. The molecule has 2 aromatic carbocycles. The van der Waals surface area contributed by atoms with Crippen LogP contribution in [0.3, 0.4) is 0 Å². The molecule has 0 aliphatic carbocycles. The number of carbonyl (C=O) groups is 1. The molecule has 1 amide bonds. The van der Waals surface area contributed by atoms with Crippen LogP contribution in [0.4, 0.5) is 17.1 Å². The number of nitro benzene ring substituents is 1. The van der Waals surface area contributed by atoms with Crippen LogP contribution in [-0.4, -0.2) is 22.8 Å². The number of aliphatic imine (C=N–C) groups is 1. The van der Waals surface area contributed by atoms with Gasteiger partial charge in [0, 0.05) is 18.3 Å². The first-order valence-corrected chi connectivity index (χ1v) is 7.29. The second kappa shape index (κ2) is 6.41. The van der Waals surface area contributed by atoms with Gasteiger partial charge in [-0.3, -0.25) is 19.9 Å². The summed E-state index contributed by atoms with van der Waals surface area (Å²) in [6.45, 7) is 1.77. The van der Waals surface area contributed by atoms with E-state index in [9.17, 15) is 14.9 Å². The Labute approximate surface area is 138 Å². The lowest BCUT2D eigenvalue weighted by Gasteiger charge is -2.12. The Hall–Kier alpha value is -3.35. The normalized spacial score (nSPS) is 17.4. The van der Waals surface area contributed by atoms with E-state index in [4.69, 9.17) is 0 Å². The molecule has 1 atom stereocenters. The van der Waals surface area contributed by atoms with E-state index in [0.717, 1.165) is 0 Å². The van der Waals surface area contributed by atoms with Gasteiger partial charge in [0.2, 0.25) is 0 Å². The molecule has 1 aliphatic heterocycles. The third-order valence-electron chi connectivity index (χ3n) is 3.62. The van der Waals surface area contributed by atoms with Gasteiger partial charge in [0.25, 0.3) is 11.6 Å². The van der Waals surface area contributed by atoms with Gasteiger partial charge in [-0.2, -0.15) is 10.1 Å². The van der Waals surface area contributed by atoms with Crippen molar-refractivity contribution in [2.75, 3.05) is 5.01 Å². The first kappa shape index (κ1) is 15.5. The summed E-state index contributed by atoms with van der Waals surface area (Å²) in [4.78, 5) is 26.9. The molecule has 24 heavy (non-hydrogen) atoms. The summed E-state index contributed by atoms with van der Waals surface area (Å²) in [5, 5.41) is 16.3. The molecule has 0 saturated carbocycles. The highest BCUT2D eigenvalue weighted by molar-refractivity contribution is 6.23. The number of nitro groups is 1. The predicted octanol–water partition coefficient (Wildman–Crippen LogP) is 3.34. The van der Waals surface area contributed by atoms with E-state index < -0.39 is 10.8 Å². The lowest BCUT2D eigenvalue weighted by Crippen LogP contribution is -2.27. The van der Waals surface area contributed by atoms with Crippen molar-refractivity contribution in [2.24, 2.45) is 16.0 Å². The number of non-ortho nitro benzene ring substituents is 1. The maximum atomic E-state index is 12.5. The molecular formula is C17H14N4O3. The van der Waals surface area contributed by atoms with Crippen LogP contribution >= 0.6 is 0 Å². The summed E-state index contributed by atoms with van der Waals surface area (Å²) >= 11 is 0. The molecule has 0 radical (unpaired) electrons. The van der Waals surface area contributed by atoms with Crippen LogP contribution < -0.4 is 5.01 Å². The Kier molecular flexibility index (Phi) is 4.15. The Morgan fingerprint density at radius 1 is 1.17 bits per heavy atom. The topological polar surface area (TPSA) is 88.2 Å². The molecule has 3 rings (SSSR count). The standard InChI is InChI=1S/C17H14N4O3/c1-12-16(11-18-13-7-9-15(10-8-13)21(23)24)17(22)20(19-12)14-5-3-2-4-6-14/h2-11,16H,1H3/t16-/m0/s1. The second-order valence-corrected chi connectivity index (χ2v) is 5.26. The highest BCUT2D eigenvalue weighted by Crippen LogP contribution is 2.24. The summed E-state index contributed by atoms with van der Waals surface area (Å²) in [7, 11) is 0. The molecule has 0 N–H and O–H groups in total. The smallest absolute Gasteiger partial charge is 0.269 e. The van der Waals surface area contributed by atoms with Crippen molar-refractivity contribution in [2.45, 2.75) is 6.92 Å². The highest BCUT2D eigenvalue weighted by atomic mass is 16.6. The van der Waals surface area contributed by atoms with Crippen molar-refractivity contribution in [1.29, 1.82) is 0 Å². The Morgan fingerprint density at radius 2 is 1.83 bits per heavy atom. The number of benzene rings is 2. The number of hydrogen-bond acceptors (Lipinski definition) is 5.